The molecule has 5 nitrogen and oxygen atoms in total. The molecule has 2 saturated heterocycles. The van der Waals surface area contributed by atoms with Crippen molar-refractivity contribution < 1.29 is 14.3 Å². The standard InChI is InChI=1S/C20H27ClN2O3/c21-18-4-2-1-3-17(18)19(24)5-6-20(25)23-9-7-16(8-10-23)15-22-11-13-26-14-12-22/h1-4,16H,5-15H2. The normalized spacial score (nSPS) is 19.5. The minimum absolute atomic E-state index is 0.0637. The number of morpholine rings is 1. The van der Waals surface area contributed by atoms with Crippen LogP contribution in [0.5, 0.6) is 0 Å². The molecule has 0 aliphatic carbocycles. The van der Waals surface area contributed by atoms with Gasteiger partial charge in [0, 0.05) is 51.1 Å². The maximum atomic E-state index is 12.4. The molecule has 0 bridgehead atoms. The van der Waals surface area contributed by atoms with Crippen LogP contribution in [0.1, 0.15) is 36.0 Å². The van der Waals surface area contributed by atoms with Crippen molar-refractivity contribution in [2.45, 2.75) is 25.7 Å². The number of carbonyl (C=O) groups is 2. The highest BCUT2D eigenvalue weighted by molar-refractivity contribution is 6.34. The quantitative estimate of drug-likeness (QED) is 0.714. The summed E-state index contributed by atoms with van der Waals surface area (Å²) in [6, 6.07) is 7.01. The number of carbonyl (C=O) groups excluding carboxylic acids is 2. The van der Waals surface area contributed by atoms with Crippen LogP contribution in [0.2, 0.25) is 5.02 Å². The van der Waals surface area contributed by atoms with E-state index in [0.717, 1.165) is 58.8 Å². The first kappa shape index (κ1) is 19.3. The average molecular weight is 379 g/mol. The molecule has 142 valence electrons. The maximum Gasteiger partial charge on any atom is 0.223 e. The van der Waals surface area contributed by atoms with Gasteiger partial charge < -0.3 is 9.64 Å². The highest BCUT2D eigenvalue weighted by atomic mass is 35.5. The molecule has 0 aromatic heterocycles. The van der Waals surface area contributed by atoms with Crippen molar-refractivity contribution >= 4 is 23.3 Å². The van der Waals surface area contributed by atoms with Crippen LogP contribution in [0.15, 0.2) is 24.3 Å². The molecule has 0 saturated carbocycles. The summed E-state index contributed by atoms with van der Waals surface area (Å²) in [5, 5.41) is 0.453. The summed E-state index contributed by atoms with van der Waals surface area (Å²) >= 11 is 6.05. The molecule has 2 fully saturated rings. The van der Waals surface area contributed by atoms with Crippen LogP contribution in [0.25, 0.3) is 0 Å². The van der Waals surface area contributed by atoms with E-state index in [1.165, 1.54) is 0 Å². The third-order valence-electron chi connectivity index (χ3n) is 5.33. The van der Waals surface area contributed by atoms with Crippen LogP contribution in [-0.4, -0.2) is 67.4 Å². The Morgan fingerprint density at radius 1 is 1.04 bits per heavy atom. The Kier molecular flexibility index (Phi) is 7.06. The van der Waals surface area contributed by atoms with Crippen molar-refractivity contribution in [3.05, 3.63) is 34.9 Å². The average Bonchev–Trinajstić information content (AvgIpc) is 2.67. The van der Waals surface area contributed by atoms with Crippen LogP contribution >= 0.6 is 11.6 Å². The van der Waals surface area contributed by atoms with Crippen molar-refractivity contribution in [2.24, 2.45) is 5.92 Å². The van der Waals surface area contributed by atoms with E-state index < -0.39 is 0 Å². The van der Waals surface area contributed by atoms with Gasteiger partial charge in [-0.25, -0.2) is 0 Å². The number of piperidine rings is 1. The Morgan fingerprint density at radius 3 is 2.42 bits per heavy atom. The lowest BCUT2D eigenvalue weighted by atomic mass is 9.95. The number of likely N-dealkylation sites (tertiary alicyclic amines) is 1. The second kappa shape index (κ2) is 9.49. The molecule has 1 amide bonds. The first-order valence-electron chi connectivity index (χ1n) is 9.49. The van der Waals surface area contributed by atoms with E-state index in [-0.39, 0.29) is 24.5 Å². The van der Waals surface area contributed by atoms with Crippen molar-refractivity contribution in [1.29, 1.82) is 0 Å². The van der Waals surface area contributed by atoms with Gasteiger partial charge in [0.15, 0.2) is 5.78 Å². The fraction of sp³-hybridized carbons (Fsp3) is 0.600. The fourth-order valence-electron chi connectivity index (χ4n) is 3.71. The van der Waals surface area contributed by atoms with E-state index >= 15 is 0 Å². The van der Waals surface area contributed by atoms with Crippen LogP contribution in [0.4, 0.5) is 0 Å². The van der Waals surface area contributed by atoms with Gasteiger partial charge in [0.05, 0.1) is 18.2 Å². The van der Waals surface area contributed by atoms with Gasteiger partial charge in [0.2, 0.25) is 5.91 Å². The number of benzene rings is 1. The third kappa shape index (κ3) is 5.29. The van der Waals surface area contributed by atoms with E-state index in [1.54, 1.807) is 24.3 Å². The monoisotopic (exact) mass is 378 g/mol. The lowest BCUT2D eigenvalue weighted by Gasteiger charge is -2.36. The van der Waals surface area contributed by atoms with Crippen LogP contribution in [-0.2, 0) is 9.53 Å². The van der Waals surface area contributed by atoms with Crippen molar-refractivity contribution in [1.82, 2.24) is 9.80 Å². The minimum atomic E-state index is -0.0637. The smallest absolute Gasteiger partial charge is 0.223 e. The lowest BCUT2D eigenvalue weighted by molar-refractivity contribution is -0.132. The molecule has 26 heavy (non-hydrogen) atoms. The number of Topliss-reactive ketones (excluding diaryl/α,β-unsaturated/α-hetero) is 1. The summed E-state index contributed by atoms with van der Waals surface area (Å²) in [5.41, 5.74) is 0.506. The number of ketones is 1. The van der Waals surface area contributed by atoms with Crippen molar-refractivity contribution in [2.75, 3.05) is 45.9 Å². The summed E-state index contributed by atoms with van der Waals surface area (Å²) < 4.78 is 5.39. The molecule has 0 N–H and O–H groups in total. The number of nitrogens with zero attached hydrogens (tertiary/aromatic N) is 2. The largest absolute Gasteiger partial charge is 0.379 e. The van der Waals surface area contributed by atoms with Gasteiger partial charge in [-0.1, -0.05) is 23.7 Å². The van der Waals surface area contributed by atoms with Gasteiger partial charge in [-0.05, 0) is 30.9 Å². The molecule has 0 radical (unpaired) electrons. The van der Waals surface area contributed by atoms with Gasteiger partial charge in [-0.3, -0.25) is 14.5 Å². The van der Waals surface area contributed by atoms with E-state index in [0.29, 0.717) is 16.5 Å². The molecule has 0 atom stereocenters. The SMILES string of the molecule is O=C(CCC(=O)N1CCC(CN2CCOCC2)CC1)c1ccccc1Cl. The van der Waals surface area contributed by atoms with Gasteiger partial charge in [0.25, 0.3) is 0 Å². The Morgan fingerprint density at radius 2 is 1.73 bits per heavy atom. The van der Waals surface area contributed by atoms with E-state index in [2.05, 4.69) is 4.90 Å². The molecule has 3 rings (SSSR count). The molecule has 0 unspecified atom stereocenters. The highest BCUT2D eigenvalue weighted by Crippen LogP contribution is 2.21. The molecule has 0 spiro atoms. The molecular weight excluding hydrogens is 352 g/mol. The summed E-state index contributed by atoms with van der Waals surface area (Å²) in [6.07, 6.45) is 2.57. The van der Waals surface area contributed by atoms with E-state index in [4.69, 9.17) is 16.3 Å². The Bertz CT molecular complexity index is 623. The van der Waals surface area contributed by atoms with Gasteiger partial charge >= 0.3 is 0 Å². The molecular formula is C20H27ClN2O3. The predicted octanol–water partition coefficient (Wildman–Crippen LogP) is 2.87. The number of ether oxygens (including phenoxy) is 1. The molecule has 2 aliphatic rings. The second-order valence-corrected chi connectivity index (χ2v) is 7.55. The number of amides is 1. The predicted molar refractivity (Wildman–Crippen MR) is 102 cm³/mol. The fourth-order valence-corrected chi connectivity index (χ4v) is 3.96. The van der Waals surface area contributed by atoms with E-state index in [9.17, 15) is 9.59 Å². The summed E-state index contributed by atoms with van der Waals surface area (Å²) in [4.78, 5) is 29.1. The van der Waals surface area contributed by atoms with Crippen molar-refractivity contribution in [3.8, 4) is 0 Å². The lowest BCUT2D eigenvalue weighted by Crippen LogP contribution is -2.44. The zero-order valence-electron chi connectivity index (χ0n) is 15.2. The second-order valence-electron chi connectivity index (χ2n) is 7.14. The molecule has 6 heteroatoms. The Balaban J connectivity index is 1.39. The molecule has 2 heterocycles. The first-order chi connectivity index (χ1) is 12.6. The van der Waals surface area contributed by atoms with Crippen LogP contribution < -0.4 is 0 Å². The van der Waals surface area contributed by atoms with Crippen molar-refractivity contribution in [3.63, 3.8) is 0 Å². The highest BCUT2D eigenvalue weighted by Gasteiger charge is 2.25. The number of halogens is 1. The summed E-state index contributed by atoms with van der Waals surface area (Å²) in [7, 11) is 0. The van der Waals surface area contributed by atoms with E-state index in [1.807, 2.05) is 4.90 Å². The minimum Gasteiger partial charge on any atom is -0.379 e. The number of hydrogen-bond acceptors (Lipinski definition) is 4. The zero-order chi connectivity index (χ0) is 18.4. The summed E-state index contributed by atoms with van der Waals surface area (Å²) in [6.45, 7) is 6.40. The topological polar surface area (TPSA) is 49.9 Å². The molecule has 1 aromatic rings. The van der Waals surface area contributed by atoms with Gasteiger partial charge in [-0.15, -0.1) is 0 Å². The Labute approximate surface area is 160 Å². The number of hydrogen-bond donors (Lipinski definition) is 0. The molecule has 2 aliphatic heterocycles. The zero-order valence-corrected chi connectivity index (χ0v) is 15.9. The summed E-state index contributed by atoms with van der Waals surface area (Å²) in [5.74, 6) is 0.670. The van der Waals surface area contributed by atoms with Gasteiger partial charge in [-0.2, -0.15) is 0 Å². The van der Waals surface area contributed by atoms with Crippen LogP contribution in [0.3, 0.4) is 0 Å². The molecule has 1 aromatic carbocycles. The first-order valence-corrected chi connectivity index (χ1v) is 9.87. The number of rotatable bonds is 6. The maximum absolute atomic E-state index is 12.4. The third-order valence-corrected chi connectivity index (χ3v) is 5.66. The van der Waals surface area contributed by atoms with Crippen LogP contribution in [0, 0.1) is 5.92 Å². The van der Waals surface area contributed by atoms with Gasteiger partial charge in [0.1, 0.15) is 0 Å². The Hall–Kier alpha value is -1.43.